The van der Waals surface area contributed by atoms with Crippen molar-refractivity contribution in [1.82, 2.24) is 5.43 Å². The van der Waals surface area contributed by atoms with Gasteiger partial charge in [-0.25, -0.2) is 13.8 Å². The first-order valence-electron chi connectivity index (χ1n) is 11.1. The summed E-state index contributed by atoms with van der Waals surface area (Å²) in [6.07, 6.45) is 0.509. The number of anilines is 1. The van der Waals surface area contributed by atoms with E-state index in [0.717, 1.165) is 15.4 Å². The van der Waals surface area contributed by atoms with Crippen molar-refractivity contribution in [3.8, 4) is 11.5 Å². The van der Waals surface area contributed by atoms with Gasteiger partial charge < -0.3 is 9.47 Å². The van der Waals surface area contributed by atoms with E-state index in [9.17, 15) is 13.2 Å². The van der Waals surface area contributed by atoms with Crippen LogP contribution in [0.5, 0.6) is 11.5 Å². The van der Waals surface area contributed by atoms with Gasteiger partial charge in [-0.2, -0.15) is 5.10 Å². The van der Waals surface area contributed by atoms with Gasteiger partial charge in [-0.1, -0.05) is 42.3 Å². The van der Waals surface area contributed by atoms with Crippen LogP contribution in [-0.2, 0) is 14.8 Å². The molecule has 8 nitrogen and oxygen atoms in total. The second kappa shape index (κ2) is 11.9. The van der Waals surface area contributed by atoms with Crippen LogP contribution in [0.4, 0.5) is 5.69 Å². The fourth-order valence-corrected chi connectivity index (χ4v) is 5.04. The molecule has 0 bridgehead atoms. The lowest BCUT2D eigenvalue weighted by atomic mass is 10.1. The highest BCUT2D eigenvalue weighted by atomic mass is 35.5. The third-order valence-electron chi connectivity index (χ3n) is 5.36. The number of methoxy groups -OCH3 is 2. The average Bonchev–Trinajstić information content (AvgIpc) is 2.87. The summed E-state index contributed by atoms with van der Waals surface area (Å²) in [5, 5.41) is 4.59. The number of benzene rings is 3. The van der Waals surface area contributed by atoms with E-state index in [2.05, 4.69) is 10.5 Å². The Balaban J connectivity index is 1.89. The van der Waals surface area contributed by atoms with Crippen LogP contribution in [-0.4, -0.2) is 40.8 Å². The van der Waals surface area contributed by atoms with Crippen LogP contribution in [0, 0.1) is 6.92 Å². The molecule has 1 amide bonds. The predicted octanol–water partition coefficient (Wildman–Crippen LogP) is 4.79. The van der Waals surface area contributed by atoms with Gasteiger partial charge >= 0.3 is 0 Å². The lowest BCUT2D eigenvalue weighted by Crippen LogP contribution is -2.39. The highest BCUT2D eigenvalue weighted by Gasteiger charge is 2.27. The summed E-state index contributed by atoms with van der Waals surface area (Å²) >= 11 is 6.11. The summed E-state index contributed by atoms with van der Waals surface area (Å²) in [6.45, 7) is 3.26. The molecule has 0 heterocycles. The molecule has 0 aliphatic rings. The summed E-state index contributed by atoms with van der Waals surface area (Å²) in [6, 6.07) is 18.0. The average molecular weight is 530 g/mol. The van der Waals surface area contributed by atoms with Crippen molar-refractivity contribution in [1.29, 1.82) is 0 Å². The maximum absolute atomic E-state index is 13.5. The minimum absolute atomic E-state index is 0.0592. The summed E-state index contributed by atoms with van der Waals surface area (Å²) < 4.78 is 38.6. The Bertz CT molecular complexity index is 1360. The van der Waals surface area contributed by atoms with E-state index < -0.39 is 22.5 Å². The SMILES string of the molecule is CC/C(=N/NC(=O)CN(c1cccc(Cl)c1)S(=O)(=O)c1ccc(C)cc1)c1ccc(OC)c(OC)c1. The molecule has 0 aromatic heterocycles. The first kappa shape index (κ1) is 27.0. The van der Waals surface area contributed by atoms with E-state index in [1.165, 1.54) is 25.3 Å². The quantitative estimate of drug-likeness (QED) is 0.301. The van der Waals surface area contributed by atoms with E-state index in [1.807, 2.05) is 13.8 Å². The van der Waals surface area contributed by atoms with Crippen LogP contribution in [0.1, 0.15) is 24.5 Å². The van der Waals surface area contributed by atoms with Crippen LogP contribution < -0.4 is 19.2 Å². The number of ether oxygens (including phenoxy) is 2. The maximum Gasteiger partial charge on any atom is 0.264 e. The van der Waals surface area contributed by atoms with E-state index in [-0.39, 0.29) is 10.6 Å². The van der Waals surface area contributed by atoms with Gasteiger partial charge in [0.15, 0.2) is 11.5 Å². The van der Waals surface area contributed by atoms with Crippen molar-refractivity contribution in [2.45, 2.75) is 25.2 Å². The third kappa shape index (κ3) is 6.35. The molecule has 0 aliphatic carbocycles. The molecule has 3 rings (SSSR count). The van der Waals surface area contributed by atoms with Crippen molar-refractivity contribution in [2.24, 2.45) is 5.10 Å². The number of hydrogen-bond acceptors (Lipinski definition) is 6. The number of halogens is 1. The lowest BCUT2D eigenvalue weighted by Gasteiger charge is -2.24. The minimum atomic E-state index is -4.06. The molecule has 0 unspecified atom stereocenters. The molecule has 3 aromatic carbocycles. The highest BCUT2D eigenvalue weighted by molar-refractivity contribution is 7.92. The number of nitrogens with one attached hydrogen (secondary N) is 1. The molecule has 0 spiro atoms. The molecular formula is C26H28ClN3O5S. The number of sulfonamides is 1. The van der Waals surface area contributed by atoms with Crippen molar-refractivity contribution in [3.63, 3.8) is 0 Å². The highest BCUT2D eigenvalue weighted by Crippen LogP contribution is 2.28. The van der Waals surface area contributed by atoms with Crippen LogP contribution >= 0.6 is 11.6 Å². The molecule has 0 aliphatic heterocycles. The summed E-state index contributed by atoms with van der Waals surface area (Å²) in [5.41, 5.74) is 4.97. The van der Waals surface area contributed by atoms with E-state index in [1.54, 1.807) is 55.6 Å². The minimum Gasteiger partial charge on any atom is -0.493 e. The van der Waals surface area contributed by atoms with Gasteiger partial charge in [-0.15, -0.1) is 0 Å². The van der Waals surface area contributed by atoms with Gasteiger partial charge in [0.2, 0.25) is 0 Å². The molecule has 0 saturated carbocycles. The van der Waals surface area contributed by atoms with Gasteiger partial charge in [0.05, 0.1) is 30.5 Å². The van der Waals surface area contributed by atoms with Gasteiger partial charge in [0.25, 0.3) is 15.9 Å². The molecule has 10 heteroatoms. The summed E-state index contributed by atoms with van der Waals surface area (Å²) in [7, 11) is -0.983. The topological polar surface area (TPSA) is 97.3 Å². The van der Waals surface area contributed by atoms with Crippen molar-refractivity contribution in [2.75, 3.05) is 25.1 Å². The Hall–Kier alpha value is -3.56. The first-order chi connectivity index (χ1) is 17.2. The molecule has 0 saturated heterocycles. The maximum atomic E-state index is 13.5. The fraction of sp³-hybridized carbons (Fsp3) is 0.231. The van der Waals surface area contributed by atoms with Crippen LogP contribution in [0.2, 0.25) is 5.02 Å². The molecule has 1 N–H and O–H groups in total. The Kier molecular flexibility index (Phi) is 8.95. The largest absolute Gasteiger partial charge is 0.493 e. The second-order valence-electron chi connectivity index (χ2n) is 7.82. The van der Waals surface area contributed by atoms with E-state index in [4.69, 9.17) is 21.1 Å². The number of nitrogens with zero attached hydrogens (tertiary/aromatic N) is 2. The molecule has 0 radical (unpaired) electrons. The number of rotatable bonds is 10. The smallest absolute Gasteiger partial charge is 0.264 e. The van der Waals surface area contributed by atoms with Gasteiger partial charge in [0, 0.05) is 10.6 Å². The second-order valence-corrected chi connectivity index (χ2v) is 10.1. The lowest BCUT2D eigenvalue weighted by molar-refractivity contribution is -0.119. The summed E-state index contributed by atoms with van der Waals surface area (Å²) in [4.78, 5) is 13.0. The zero-order valence-electron chi connectivity index (χ0n) is 20.5. The number of hydrogen-bond donors (Lipinski definition) is 1. The number of hydrazone groups is 1. The Morgan fingerprint density at radius 3 is 2.31 bits per heavy atom. The van der Waals surface area contributed by atoms with Crippen LogP contribution in [0.25, 0.3) is 0 Å². The predicted molar refractivity (Wildman–Crippen MR) is 142 cm³/mol. The Morgan fingerprint density at radius 1 is 1.00 bits per heavy atom. The molecule has 0 atom stereocenters. The van der Waals surface area contributed by atoms with Crippen molar-refractivity contribution < 1.29 is 22.7 Å². The Morgan fingerprint density at radius 2 is 1.69 bits per heavy atom. The monoisotopic (exact) mass is 529 g/mol. The normalized spacial score (nSPS) is 11.6. The van der Waals surface area contributed by atoms with E-state index >= 15 is 0 Å². The zero-order valence-corrected chi connectivity index (χ0v) is 22.1. The standard InChI is InChI=1S/C26H28ClN3O5S/c1-5-23(19-11-14-24(34-3)25(15-19)35-4)28-29-26(31)17-30(21-8-6-7-20(27)16-21)36(32,33)22-12-9-18(2)10-13-22/h6-16H,5,17H2,1-4H3,(H,29,31)/b28-23-. The number of carbonyl (C=O) groups is 1. The Labute approximate surface area is 216 Å². The van der Waals surface area contributed by atoms with E-state index in [0.29, 0.717) is 28.7 Å². The zero-order chi connectivity index (χ0) is 26.3. The van der Waals surface area contributed by atoms with Crippen molar-refractivity contribution >= 4 is 38.9 Å². The molecule has 190 valence electrons. The molecule has 3 aromatic rings. The van der Waals surface area contributed by atoms with Gasteiger partial charge in [0.1, 0.15) is 6.54 Å². The van der Waals surface area contributed by atoms with Crippen LogP contribution in [0.3, 0.4) is 0 Å². The molecule has 0 fully saturated rings. The van der Waals surface area contributed by atoms with Gasteiger partial charge in [-0.05, 0) is 61.9 Å². The summed E-state index contributed by atoms with van der Waals surface area (Å²) in [5.74, 6) is 0.482. The third-order valence-corrected chi connectivity index (χ3v) is 7.38. The molecule has 36 heavy (non-hydrogen) atoms. The first-order valence-corrected chi connectivity index (χ1v) is 12.9. The number of aryl methyl sites for hydroxylation is 1. The van der Waals surface area contributed by atoms with Gasteiger partial charge in [-0.3, -0.25) is 9.10 Å². The fourth-order valence-electron chi connectivity index (χ4n) is 3.44. The van der Waals surface area contributed by atoms with Crippen LogP contribution in [0.15, 0.2) is 76.7 Å². The van der Waals surface area contributed by atoms with Crippen molar-refractivity contribution in [3.05, 3.63) is 82.9 Å². The number of amides is 1. The molecular weight excluding hydrogens is 502 g/mol. The number of carbonyl (C=O) groups excluding carboxylic acids is 1.